The van der Waals surface area contributed by atoms with Gasteiger partial charge in [-0.3, -0.25) is 9.59 Å². The number of carboxylic acids is 2. The quantitative estimate of drug-likeness (QED) is 0.234. The third kappa shape index (κ3) is 6.90. The summed E-state index contributed by atoms with van der Waals surface area (Å²) in [5.74, 6) is 4.66. The summed E-state index contributed by atoms with van der Waals surface area (Å²) >= 11 is 0. The van der Waals surface area contributed by atoms with Crippen LogP contribution in [0.3, 0.4) is 0 Å². The first kappa shape index (κ1) is 53.4. The predicted octanol–water partition coefficient (Wildman–Crippen LogP) is 15.2. The molecule has 0 aliphatic heterocycles. The Morgan fingerprint density at radius 1 is 0.514 bits per heavy atom. The Morgan fingerprint density at radius 2 is 0.943 bits per heavy atom. The molecule has 13 unspecified atom stereocenters. The molecule has 7 heteroatoms. The van der Waals surface area contributed by atoms with Gasteiger partial charge in [0.15, 0.2) is 0 Å². The molecule has 0 spiro atoms. The van der Waals surface area contributed by atoms with E-state index in [1.807, 2.05) is 14.2 Å². The van der Waals surface area contributed by atoms with Gasteiger partial charge in [0, 0.05) is 27.9 Å². The van der Waals surface area contributed by atoms with Crippen LogP contribution in [0.5, 0.6) is 0 Å². The van der Waals surface area contributed by atoms with Gasteiger partial charge in [0.1, 0.15) is 0 Å². The van der Waals surface area contributed by atoms with Crippen molar-refractivity contribution in [2.24, 2.45) is 119 Å². The SMILES string of the molecule is C=C(C)[C@@H]1CCC2(C(=O)O)CC[C@]3(C)C(CCC4[C@@]5(C)CCC(OC)C(C)(C)C5CC[C@]43C)C12.COCC(C)[C@@H]1CCC2(C(=O)O)CC[C@]3(C)C(CCC4[C@@]5(C)CCC(OC)C(C)(C)C5CC[C@]43C)C12. The molecule has 10 aliphatic carbocycles. The second-order valence-corrected chi connectivity index (χ2v) is 30.1. The fraction of sp³-hybridized carbons (Fsp3) is 0.937. The molecule has 0 heterocycles. The lowest BCUT2D eigenvalue weighted by molar-refractivity contribution is -0.251. The van der Waals surface area contributed by atoms with Crippen molar-refractivity contribution in [2.45, 2.75) is 224 Å². The van der Waals surface area contributed by atoms with E-state index >= 15 is 0 Å². The van der Waals surface area contributed by atoms with E-state index in [4.69, 9.17) is 14.2 Å². The molecule has 70 heavy (non-hydrogen) atoms. The molecule has 398 valence electrons. The summed E-state index contributed by atoms with van der Waals surface area (Å²) in [7, 11) is 5.62. The third-order valence-corrected chi connectivity index (χ3v) is 28.0. The number of allylic oxidation sites excluding steroid dienone is 1. The van der Waals surface area contributed by atoms with Gasteiger partial charge in [-0.1, -0.05) is 88.3 Å². The largest absolute Gasteiger partial charge is 0.481 e. The van der Waals surface area contributed by atoms with Crippen molar-refractivity contribution in [1.82, 2.24) is 0 Å². The Bertz CT molecular complexity index is 2030. The Balaban J connectivity index is 0.000000174. The number of fused-ring (bicyclic) bond motifs is 14. The second kappa shape index (κ2) is 17.6. The number of carboxylic acid groups (broad SMARTS) is 2. The summed E-state index contributed by atoms with van der Waals surface area (Å²) in [6, 6.07) is 0. The Morgan fingerprint density at radius 3 is 1.36 bits per heavy atom. The van der Waals surface area contributed by atoms with Crippen LogP contribution >= 0.6 is 0 Å². The van der Waals surface area contributed by atoms with E-state index in [1.165, 1.54) is 82.6 Å². The number of aliphatic carboxylic acids is 2. The van der Waals surface area contributed by atoms with Crippen LogP contribution in [0, 0.1) is 119 Å². The van der Waals surface area contributed by atoms with E-state index in [1.54, 1.807) is 7.11 Å². The van der Waals surface area contributed by atoms with E-state index in [0.717, 1.165) is 69.8 Å². The molecule has 0 saturated heterocycles. The summed E-state index contributed by atoms with van der Waals surface area (Å²) in [6.45, 7) is 35.2. The average molecular weight is 974 g/mol. The predicted molar refractivity (Wildman–Crippen MR) is 281 cm³/mol. The van der Waals surface area contributed by atoms with Crippen LogP contribution in [0.1, 0.15) is 212 Å². The average Bonchev–Trinajstić information content (AvgIpc) is 3.89. The zero-order valence-corrected chi connectivity index (χ0v) is 47.5. The molecular weight excluding hydrogens is 869 g/mol. The molecule has 10 aliphatic rings. The lowest BCUT2D eigenvalue weighted by Gasteiger charge is -2.73. The van der Waals surface area contributed by atoms with Gasteiger partial charge in [-0.25, -0.2) is 0 Å². The summed E-state index contributed by atoms with van der Waals surface area (Å²) in [6.07, 6.45) is 23.4. The maximum Gasteiger partial charge on any atom is 0.309 e. The first-order chi connectivity index (χ1) is 32.6. The molecule has 0 amide bonds. The van der Waals surface area contributed by atoms with Crippen molar-refractivity contribution >= 4 is 11.9 Å². The van der Waals surface area contributed by atoms with E-state index in [9.17, 15) is 19.8 Å². The Labute approximate surface area is 427 Å². The van der Waals surface area contributed by atoms with Crippen molar-refractivity contribution in [2.75, 3.05) is 27.9 Å². The lowest BCUT2D eigenvalue weighted by Crippen LogP contribution is -2.67. The first-order valence-electron chi connectivity index (χ1n) is 29.3. The molecule has 0 aromatic carbocycles. The zero-order chi connectivity index (χ0) is 51.2. The third-order valence-electron chi connectivity index (χ3n) is 28.0. The molecule has 10 rings (SSSR count). The molecule has 2 N–H and O–H groups in total. The Kier molecular flexibility index (Phi) is 13.4. The number of hydrogen-bond acceptors (Lipinski definition) is 5. The standard InChI is InChI=1S/C32H54O4.C31H50O3/c1-20(19-35-7)21-11-16-32(27(33)34)18-17-30(5)22(26(21)32)9-10-24-29(4)14-13-25(36-8)28(2,3)23(29)12-15-31(24,30)6;1-19(2)20-11-16-31(26(32)33)18-17-29(6)21(25(20)31)9-10-23-28(5)14-13-24(34-8)27(3,4)22(28)12-15-30(23,29)7/h20-26H,9-19H2,1-8H3,(H,33,34);20-25H,1,9-18H2,2-8H3,(H,32,33)/t20?,21-,22?,23?,24?,25?,26?,29-,30+,31+,32?;20-,21?,22?,23?,24?,25?,28-,29+,30+,31?/m00/s1. The van der Waals surface area contributed by atoms with Gasteiger partial charge in [-0.05, 0) is 244 Å². The summed E-state index contributed by atoms with van der Waals surface area (Å²) in [5, 5.41) is 21.2. The van der Waals surface area contributed by atoms with Gasteiger partial charge in [0.2, 0.25) is 0 Å². The van der Waals surface area contributed by atoms with Crippen molar-refractivity contribution in [3.05, 3.63) is 12.2 Å². The van der Waals surface area contributed by atoms with Crippen molar-refractivity contribution in [3.8, 4) is 0 Å². The van der Waals surface area contributed by atoms with Gasteiger partial charge in [-0.15, -0.1) is 0 Å². The van der Waals surface area contributed by atoms with Gasteiger partial charge in [0.05, 0.1) is 23.0 Å². The molecule has 0 radical (unpaired) electrons. The molecule has 10 saturated carbocycles. The van der Waals surface area contributed by atoms with Gasteiger partial charge < -0.3 is 24.4 Å². The van der Waals surface area contributed by atoms with Gasteiger partial charge in [0.25, 0.3) is 0 Å². The highest BCUT2D eigenvalue weighted by molar-refractivity contribution is 5.76. The topological polar surface area (TPSA) is 102 Å². The van der Waals surface area contributed by atoms with E-state index in [2.05, 4.69) is 89.7 Å². The minimum atomic E-state index is -0.522. The van der Waals surface area contributed by atoms with E-state index in [-0.39, 0.29) is 38.4 Å². The van der Waals surface area contributed by atoms with Crippen molar-refractivity contribution in [1.29, 1.82) is 0 Å². The Hall–Kier alpha value is -1.44. The minimum absolute atomic E-state index is 0.206. The number of methoxy groups -OCH3 is 3. The summed E-state index contributed by atoms with van der Waals surface area (Å²) in [4.78, 5) is 25.7. The number of ether oxygens (including phenoxy) is 3. The monoisotopic (exact) mass is 973 g/mol. The van der Waals surface area contributed by atoms with Crippen LogP contribution in [0.25, 0.3) is 0 Å². The minimum Gasteiger partial charge on any atom is -0.481 e. The maximum atomic E-state index is 13.0. The van der Waals surface area contributed by atoms with Crippen LogP contribution in [0.4, 0.5) is 0 Å². The fourth-order valence-corrected chi connectivity index (χ4v) is 24.3. The normalized spacial score (nSPS) is 53.1. The van der Waals surface area contributed by atoms with E-state index in [0.29, 0.717) is 70.4 Å². The molecule has 0 bridgehead atoms. The highest BCUT2D eigenvalue weighted by Crippen LogP contribution is 2.80. The fourth-order valence-electron chi connectivity index (χ4n) is 24.3. The van der Waals surface area contributed by atoms with Gasteiger partial charge >= 0.3 is 11.9 Å². The van der Waals surface area contributed by atoms with Crippen molar-refractivity contribution in [3.63, 3.8) is 0 Å². The number of carbonyl (C=O) groups is 2. The highest BCUT2D eigenvalue weighted by atomic mass is 16.5. The zero-order valence-electron chi connectivity index (χ0n) is 47.5. The highest BCUT2D eigenvalue weighted by Gasteiger charge is 2.74. The van der Waals surface area contributed by atoms with Crippen LogP contribution in [-0.2, 0) is 23.8 Å². The molecule has 7 nitrogen and oxygen atoms in total. The van der Waals surface area contributed by atoms with Crippen LogP contribution < -0.4 is 0 Å². The van der Waals surface area contributed by atoms with Crippen LogP contribution in [-0.4, -0.2) is 62.3 Å². The van der Waals surface area contributed by atoms with E-state index < -0.39 is 22.8 Å². The second-order valence-electron chi connectivity index (χ2n) is 30.1. The molecule has 10 fully saturated rings. The maximum absolute atomic E-state index is 13.0. The van der Waals surface area contributed by atoms with Crippen LogP contribution in [0.15, 0.2) is 12.2 Å². The summed E-state index contributed by atoms with van der Waals surface area (Å²) < 4.78 is 17.7. The molecule has 21 atom stereocenters. The molecular formula is C63H104O7. The van der Waals surface area contributed by atoms with Gasteiger partial charge in [-0.2, -0.15) is 0 Å². The number of hydrogen-bond donors (Lipinski definition) is 2. The lowest BCUT2D eigenvalue weighted by atomic mass is 9.32. The smallest absolute Gasteiger partial charge is 0.309 e. The number of rotatable bonds is 8. The van der Waals surface area contributed by atoms with Crippen LogP contribution in [0.2, 0.25) is 0 Å². The van der Waals surface area contributed by atoms with Crippen molar-refractivity contribution < 1.29 is 34.0 Å². The first-order valence-corrected chi connectivity index (χ1v) is 29.3. The molecule has 0 aromatic rings. The molecule has 0 aromatic heterocycles. The summed E-state index contributed by atoms with van der Waals surface area (Å²) in [5.41, 5.74) is 2.29.